The number of benzene rings is 2. The van der Waals surface area contributed by atoms with Crippen molar-refractivity contribution in [2.45, 2.75) is 70.4 Å². The Balaban J connectivity index is 1.75. The van der Waals surface area contributed by atoms with Gasteiger partial charge in [0.15, 0.2) is 11.6 Å². The van der Waals surface area contributed by atoms with Crippen LogP contribution in [0.5, 0.6) is 0 Å². The number of hydrogen-bond acceptors (Lipinski definition) is 0. The molecule has 1 fully saturated rings. The fraction of sp³-hybridized carbons (Fsp3) is 0.478. The highest BCUT2D eigenvalue weighted by Crippen LogP contribution is 2.35. The minimum Gasteiger partial charge on any atom is -0.247 e. The van der Waals surface area contributed by atoms with Crippen molar-refractivity contribution in [3.05, 3.63) is 59.2 Å². The second-order valence-corrected chi connectivity index (χ2v) is 7.43. The second kappa shape index (κ2) is 8.75. The molecule has 0 atom stereocenters. The molecule has 0 N–H and O–H groups in total. The quantitative estimate of drug-likeness (QED) is 0.472. The van der Waals surface area contributed by atoms with Crippen LogP contribution in [0.2, 0.25) is 0 Å². The highest BCUT2D eigenvalue weighted by molar-refractivity contribution is 5.65. The Morgan fingerprint density at radius 3 is 2.19 bits per heavy atom. The van der Waals surface area contributed by atoms with Gasteiger partial charge >= 0.3 is 0 Å². The van der Waals surface area contributed by atoms with Gasteiger partial charge in [0.05, 0.1) is 0 Å². The lowest BCUT2D eigenvalue weighted by Crippen LogP contribution is -2.13. The molecule has 0 unspecified atom stereocenters. The fourth-order valence-corrected chi connectivity index (χ4v) is 3.89. The molecular formula is C23H27F3. The van der Waals surface area contributed by atoms with Gasteiger partial charge in [-0.1, -0.05) is 56.2 Å². The van der Waals surface area contributed by atoms with Crippen molar-refractivity contribution >= 4 is 0 Å². The normalized spacial score (nSPS) is 20.3. The molecule has 1 aliphatic carbocycles. The monoisotopic (exact) mass is 360 g/mol. The van der Waals surface area contributed by atoms with Gasteiger partial charge in [-0.15, -0.1) is 0 Å². The lowest BCUT2D eigenvalue weighted by atomic mass is 9.83. The van der Waals surface area contributed by atoms with Gasteiger partial charge in [0.1, 0.15) is 6.17 Å². The zero-order valence-electron chi connectivity index (χ0n) is 15.4. The number of unbranched alkanes of at least 4 members (excludes halogenated alkanes) is 2. The van der Waals surface area contributed by atoms with Gasteiger partial charge in [-0.05, 0) is 61.1 Å². The maximum atomic E-state index is 14.5. The first-order chi connectivity index (χ1) is 12.6. The molecule has 0 aliphatic heterocycles. The first-order valence-corrected chi connectivity index (χ1v) is 9.81. The smallest absolute Gasteiger partial charge is 0.166 e. The van der Waals surface area contributed by atoms with Crippen LogP contribution in [-0.2, 0) is 6.42 Å². The zero-order valence-corrected chi connectivity index (χ0v) is 15.4. The Hall–Kier alpha value is -1.77. The van der Waals surface area contributed by atoms with Gasteiger partial charge in [0, 0.05) is 5.56 Å². The van der Waals surface area contributed by atoms with Gasteiger partial charge in [-0.2, -0.15) is 0 Å². The molecule has 0 aromatic heterocycles. The summed E-state index contributed by atoms with van der Waals surface area (Å²) >= 11 is 0. The molecule has 2 aromatic rings. The van der Waals surface area contributed by atoms with Crippen molar-refractivity contribution in [1.29, 1.82) is 0 Å². The second-order valence-electron chi connectivity index (χ2n) is 7.43. The molecule has 0 spiro atoms. The van der Waals surface area contributed by atoms with Gasteiger partial charge in [0.25, 0.3) is 0 Å². The van der Waals surface area contributed by atoms with Gasteiger partial charge in [-0.25, -0.2) is 13.2 Å². The van der Waals surface area contributed by atoms with E-state index in [-0.39, 0.29) is 0 Å². The lowest BCUT2D eigenvalue weighted by molar-refractivity contribution is 0.235. The van der Waals surface area contributed by atoms with Crippen LogP contribution in [0.25, 0.3) is 11.1 Å². The molecule has 0 saturated heterocycles. The van der Waals surface area contributed by atoms with Crippen LogP contribution in [0.4, 0.5) is 13.2 Å². The first-order valence-electron chi connectivity index (χ1n) is 9.81. The Morgan fingerprint density at radius 1 is 0.846 bits per heavy atom. The van der Waals surface area contributed by atoms with Gasteiger partial charge in [-0.3, -0.25) is 0 Å². The van der Waals surface area contributed by atoms with E-state index in [1.807, 2.05) is 24.3 Å². The van der Waals surface area contributed by atoms with Crippen molar-refractivity contribution in [2.24, 2.45) is 0 Å². The zero-order chi connectivity index (χ0) is 18.5. The standard InChI is InChI=1S/C23H27F3/c1-2-3-4-5-19-12-15-21(23(26)22(19)25)18-8-6-16(7-9-18)17-10-13-20(24)14-11-17/h6-9,12,15,17,20H,2-5,10-11,13-14H2,1H3. The average Bonchev–Trinajstić information content (AvgIpc) is 2.66. The van der Waals surface area contributed by atoms with Crippen LogP contribution in [0.1, 0.15) is 68.9 Å². The van der Waals surface area contributed by atoms with Gasteiger partial charge < -0.3 is 0 Å². The molecular weight excluding hydrogens is 333 g/mol. The maximum absolute atomic E-state index is 14.5. The summed E-state index contributed by atoms with van der Waals surface area (Å²) in [5.74, 6) is -1.10. The summed E-state index contributed by atoms with van der Waals surface area (Å²) < 4.78 is 42.2. The predicted molar refractivity (Wildman–Crippen MR) is 101 cm³/mol. The minimum absolute atomic E-state index is 0.306. The Morgan fingerprint density at radius 2 is 1.54 bits per heavy atom. The van der Waals surface area contributed by atoms with E-state index in [0.29, 0.717) is 41.9 Å². The Labute approximate surface area is 154 Å². The highest BCUT2D eigenvalue weighted by Gasteiger charge is 2.22. The summed E-state index contributed by atoms with van der Waals surface area (Å²) in [6.07, 6.45) is 5.81. The molecule has 0 amide bonds. The molecule has 0 nitrogen and oxygen atoms in total. The third-order valence-corrected chi connectivity index (χ3v) is 5.56. The van der Waals surface area contributed by atoms with Crippen LogP contribution < -0.4 is 0 Å². The van der Waals surface area contributed by atoms with Crippen LogP contribution >= 0.6 is 0 Å². The summed E-state index contributed by atoms with van der Waals surface area (Å²) in [6, 6.07) is 11.1. The molecule has 1 saturated carbocycles. The third-order valence-electron chi connectivity index (χ3n) is 5.56. The lowest BCUT2D eigenvalue weighted by Gasteiger charge is -2.24. The van der Waals surface area contributed by atoms with Crippen LogP contribution in [-0.4, -0.2) is 6.17 Å². The summed E-state index contributed by atoms with van der Waals surface area (Å²) in [4.78, 5) is 0. The van der Waals surface area contributed by atoms with E-state index in [0.717, 1.165) is 37.7 Å². The van der Waals surface area contributed by atoms with E-state index >= 15 is 0 Å². The van der Waals surface area contributed by atoms with Crippen LogP contribution in [0.15, 0.2) is 36.4 Å². The molecule has 26 heavy (non-hydrogen) atoms. The number of hydrogen-bond donors (Lipinski definition) is 0. The SMILES string of the molecule is CCCCCc1ccc(-c2ccc(C3CCC(F)CC3)cc2)c(F)c1F. The van der Waals surface area contributed by atoms with Crippen molar-refractivity contribution in [1.82, 2.24) is 0 Å². The number of alkyl halides is 1. The van der Waals surface area contributed by atoms with E-state index < -0.39 is 17.8 Å². The number of rotatable bonds is 6. The van der Waals surface area contributed by atoms with E-state index in [1.165, 1.54) is 0 Å². The van der Waals surface area contributed by atoms with Crippen molar-refractivity contribution in [3.63, 3.8) is 0 Å². The van der Waals surface area contributed by atoms with E-state index in [2.05, 4.69) is 6.92 Å². The minimum atomic E-state index is -0.760. The number of aryl methyl sites for hydroxylation is 1. The summed E-state index contributed by atoms with van der Waals surface area (Å²) in [5, 5.41) is 0. The largest absolute Gasteiger partial charge is 0.247 e. The highest BCUT2D eigenvalue weighted by atomic mass is 19.2. The number of halogens is 3. The fourth-order valence-electron chi connectivity index (χ4n) is 3.89. The van der Waals surface area contributed by atoms with Crippen molar-refractivity contribution in [2.75, 3.05) is 0 Å². The summed E-state index contributed by atoms with van der Waals surface area (Å²) in [7, 11) is 0. The summed E-state index contributed by atoms with van der Waals surface area (Å²) in [6.45, 7) is 2.09. The topological polar surface area (TPSA) is 0 Å². The molecule has 0 heterocycles. The Bertz CT molecular complexity index is 713. The molecule has 2 aromatic carbocycles. The molecule has 0 radical (unpaired) electrons. The molecule has 3 heteroatoms. The average molecular weight is 360 g/mol. The van der Waals surface area contributed by atoms with Gasteiger partial charge in [0.2, 0.25) is 0 Å². The first kappa shape index (κ1) is 19.0. The molecule has 1 aliphatic rings. The van der Waals surface area contributed by atoms with E-state index in [4.69, 9.17) is 0 Å². The van der Waals surface area contributed by atoms with E-state index in [9.17, 15) is 13.2 Å². The maximum Gasteiger partial charge on any atom is 0.166 e. The van der Waals surface area contributed by atoms with Crippen molar-refractivity contribution < 1.29 is 13.2 Å². The van der Waals surface area contributed by atoms with Crippen molar-refractivity contribution in [3.8, 4) is 11.1 Å². The van der Waals surface area contributed by atoms with Crippen LogP contribution in [0.3, 0.4) is 0 Å². The van der Waals surface area contributed by atoms with E-state index in [1.54, 1.807) is 12.1 Å². The molecule has 140 valence electrons. The molecule has 0 bridgehead atoms. The molecule has 3 rings (SSSR count). The predicted octanol–water partition coefficient (Wildman–Crippen LogP) is 7.36. The third kappa shape index (κ3) is 4.31. The van der Waals surface area contributed by atoms with Crippen LogP contribution in [0, 0.1) is 11.6 Å². The summed E-state index contributed by atoms with van der Waals surface area (Å²) in [5.41, 5.74) is 2.61. The Kier molecular flexibility index (Phi) is 6.39.